The van der Waals surface area contributed by atoms with Gasteiger partial charge in [0.2, 0.25) is 0 Å². The maximum absolute atomic E-state index is 9.34. The predicted octanol–water partition coefficient (Wildman–Crippen LogP) is -0.196. The lowest BCUT2D eigenvalue weighted by Crippen LogP contribution is -2.58. The summed E-state index contributed by atoms with van der Waals surface area (Å²) in [5.74, 6) is 0. The molecule has 1 unspecified atom stereocenters. The fraction of sp³-hybridized carbons (Fsp3) is 1.00. The fourth-order valence-electron chi connectivity index (χ4n) is 2.18. The van der Waals surface area contributed by atoms with Crippen molar-refractivity contribution in [2.45, 2.75) is 37.8 Å². The summed E-state index contributed by atoms with van der Waals surface area (Å²) < 4.78 is 0. The number of nitrogens with one attached hydrogen (secondary N) is 1. The van der Waals surface area contributed by atoms with E-state index in [2.05, 4.69) is 17.3 Å². The Balaban J connectivity index is 2.49. The van der Waals surface area contributed by atoms with Gasteiger partial charge in [0.1, 0.15) is 0 Å². The number of aliphatic hydroxyl groups is 2. The summed E-state index contributed by atoms with van der Waals surface area (Å²) in [4.78, 5) is 2.29. The Hall–Kier alpha value is -0.160. The van der Waals surface area contributed by atoms with Crippen molar-refractivity contribution in [1.29, 1.82) is 0 Å². The van der Waals surface area contributed by atoms with Crippen LogP contribution in [0.4, 0.5) is 0 Å². The lowest BCUT2D eigenvalue weighted by Gasteiger charge is -2.38. The molecular formula is C11H24N2O2. The molecule has 0 aromatic carbocycles. The molecule has 0 bridgehead atoms. The minimum Gasteiger partial charge on any atom is -0.394 e. The minimum atomic E-state index is -0.497. The Morgan fingerprint density at radius 1 is 1.40 bits per heavy atom. The molecule has 0 saturated carbocycles. The highest BCUT2D eigenvalue weighted by atomic mass is 16.3. The highest BCUT2D eigenvalue weighted by Gasteiger charge is 2.30. The summed E-state index contributed by atoms with van der Waals surface area (Å²) in [7, 11) is 2.11. The first-order valence-corrected chi connectivity index (χ1v) is 5.84. The van der Waals surface area contributed by atoms with Crippen LogP contribution in [0.15, 0.2) is 0 Å². The van der Waals surface area contributed by atoms with Crippen LogP contribution in [0.3, 0.4) is 0 Å². The average molecular weight is 216 g/mol. The van der Waals surface area contributed by atoms with Crippen molar-refractivity contribution >= 4 is 0 Å². The summed E-state index contributed by atoms with van der Waals surface area (Å²) in [6.45, 7) is 4.14. The molecule has 0 amide bonds. The van der Waals surface area contributed by atoms with E-state index in [1.54, 1.807) is 0 Å². The lowest BCUT2D eigenvalue weighted by molar-refractivity contribution is 0.0655. The van der Waals surface area contributed by atoms with Crippen molar-refractivity contribution in [3.8, 4) is 0 Å². The number of hydrogen-bond donors (Lipinski definition) is 3. The van der Waals surface area contributed by atoms with Crippen LogP contribution in [-0.2, 0) is 0 Å². The van der Waals surface area contributed by atoms with Gasteiger partial charge in [0, 0.05) is 12.6 Å². The van der Waals surface area contributed by atoms with E-state index in [0.29, 0.717) is 6.04 Å². The molecule has 0 radical (unpaired) electrons. The molecule has 3 N–H and O–H groups in total. The minimum absolute atomic E-state index is 0.000213. The number of aliphatic hydroxyl groups excluding tert-OH is 2. The molecule has 1 heterocycles. The third-order valence-corrected chi connectivity index (χ3v) is 3.42. The number of likely N-dealkylation sites (N-methyl/N-ethyl adjacent to an activating group) is 1. The zero-order chi connectivity index (χ0) is 11.3. The third kappa shape index (κ3) is 3.41. The predicted molar refractivity (Wildman–Crippen MR) is 60.8 cm³/mol. The van der Waals surface area contributed by atoms with Crippen LogP contribution in [0, 0.1) is 0 Å². The Morgan fingerprint density at radius 2 is 2.07 bits per heavy atom. The van der Waals surface area contributed by atoms with Gasteiger partial charge >= 0.3 is 0 Å². The second-order valence-corrected chi connectivity index (χ2v) is 4.70. The lowest BCUT2D eigenvalue weighted by atomic mass is 9.95. The van der Waals surface area contributed by atoms with Gasteiger partial charge in [-0.1, -0.05) is 6.92 Å². The monoisotopic (exact) mass is 216 g/mol. The van der Waals surface area contributed by atoms with Crippen LogP contribution >= 0.6 is 0 Å². The molecule has 1 saturated heterocycles. The number of nitrogens with zero attached hydrogens (tertiary/aromatic N) is 1. The van der Waals surface area contributed by atoms with Gasteiger partial charge in [-0.15, -0.1) is 0 Å². The van der Waals surface area contributed by atoms with E-state index in [1.165, 1.54) is 6.42 Å². The van der Waals surface area contributed by atoms with E-state index in [4.69, 9.17) is 0 Å². The number of likely N-dealkylation sites (tertiary alicyclic amines) is 1. The zero-order valence-electron chi connectivity index (χ0n) is 9.87. The highest BCUT2D eigenvalue weighted by Crippen LogP contribution is 2.15. The second kappa shape index (κ2) is 5.80. The first-order chi connectivity index (χ1) is 7.15. The van der Waals surface area contributed by atoms with Gasteiger partial charge in [0.25, 0.3) is 0 Å². The quantitative estimate of drug-likeness (QED) is 0.596. The smallest absolute Gasteiger partial charge is 0.0648 e. The number of hydrogen-bond acceptors (Lipinski definition) is 4. The maximum Gasteiger partial charge on any atom is 0.0648 e. The van der Waals surface area contributed by atoms with E-state index in [1.807, 2.05) is 6.92 Å². The molecule has 90 valence electrons. The zero-order valence-corrected chi connectivity index (χ0v) is 9.87. The molecule has 4 nitrogen and oxygen atoms in total. The highest BCUT2D eigenvalue weighted by molar-refractivity contribution is 4.90. The van der Waals surface area contributed by atoms with Gasteiger partial charge in [0.15, 0.2) is 0 Å². The number of piperidine rings is 1. The van der Waals surface area contributed by atoms with Crippen LogP contribution in [0.5, 0.6) is 0 Å². The molecule has 1 fully saturated rings. The van der Waals surface area contributed by atoms with Gasteiger partial charge in [-0.05, 0) is 32.9 Å². The van der Waals surface area contributed by atoms with E-state index in [-0.39, 0.29) is 13.2 Å². The van der Waals surface area contributed by atoms with Gasteiger partial charge < -0.3 is 20.4 Å². The van der Waals surface area contributed by atoms with Crippen LogP contribution in [0.25, 0.3) is 0 Å². The average Bonchev–Trinajstić information content (AvgIpc) is 2.26. The molecule has 0 spiro atoms. The molecule has 0 aromatic rings. The van der Waals surface area contributed by atoms with Crippen LogP contribution in [0.2, 0.25) is 0 Å². The Morgan fingerprint density at radius 3 is 2.53 bits per heavy atom. The van der Waals surface area contributed by atoms with E-state index >= 15 is 0 Å². The van der Waals surface area contributed by atoms with E-state index < -0.39 is 5.54 Å². The van der Waals surface area contributed by atoms with Gasteiger partial charge in [-0.25, -0.2) is 0 Å². The fourth-order valence-corrected chi connectivity index (χ4v) is 2.18. The third-order valence-electron chi connectivity index (χ3n) is 3.42. The Kier molecular flexibility index (Phi) is 4.99. The molecule has 0 aromatic heterocycles. The first kappa shape index (κ1) is 12.9. The summed E-state index contributed by atoms with van der Waals surface area (Å²) >= 11 is 0. The topological polar surface area (TPSA) is 55.7 Å². The van der Waals surface area contributed by atoms with Crippen molar-refractivity contribution in [3.63, 3.8) is 0 Å². The molecule has 1 rings (SSSR count). The number of rotatable bonds is 5. The Bertz CT molecular complexity index is 175. The van der Waals surface area contributed by atoms with Crippen LogP contribution in [-0.4, -0.2) is 60.0 Å². The molecular weight excluding hydrogens is 192 g/mol. The van der Waals surface area contributed by atoms with E-state index in [0.717, 1.165) is 25.9 Å². The van der Waals surface area contributed by atoms with Crippen LogP contribution < -0.4 is 5.32 Å². The molecule has 1 atom stereocenters. The van der Waals surface area contributed by atoms with Gasteiger partial charge in [-0.3, -0.25) is 0 Å². The first-order valence-electron chi connectivity index (χ1n) is 5.84. The van der Waals surface area contributed by atoms with Gasteiger partial charge in [-0.2, -0.15) is 0 Å². The molecule has 1 aliphatic heterocycles. The van der Waals surface area contributed by atoms with Crippen molar-refractivity contribution in [3.05, 3.63) is 0 Å². The molecule has 15 heavy (non-hydrogen) atoms. The second-order valence-electron chi connectivity index (χ2n) is 4.70. The summed E-state index contributed by atoms with van der Waals surface area (Å²) in [5.41, 5.74) is -0.497. The Labute approximate surface area is 92.3 Å². The standard InChI is InChI=1S/C11H24N2O2/c1-3-11(8-14,9-15)12-10-5-4-6-13(2)7-10/h10,12,14-15H,3-9H2,1-2H3. The summed E-state index contributed by atoms with van der Waals surface area (Å²) in [6.07, 6.45) is 3.07. The van der Waals surface area contributed by atoms with Crippen molar-refractivity contribution < 1.29 is 10.2 Å². The SMILES string of the molecule is CCC(CO)(CO)NC1CCCN(C)C1. The summed E-state index contributed by atoms with van der Waals surface area (Å²) in [6, 6.07) is 0.392. The molecule has 4 heteroatoms. The van der Waals surface area contributed by atoms with E-state index in [9.17, 15) is 10.2 Å². The molecule has 0 aliphatic carbocycles. The van der Waals surface area contributed by atoms with Gasteiger partial charge in [0.05, 0.1) is 18.8 Å². The van der Waals surface area contributed by atoms with Crippen molar-refractivity contribution in [2.75, 3.05) is 33.4 Å². The largest absolute Gasteiger partial charge is 0.394 e. The maximum atomic E-state index is 9.34. The summed E-state index contributed by atoms with van der Waals surface area (Å²) in [5, 5.41) is 22.1. The molecule has 1 aliphatic rings. The van der Waals surface area contributed by atoms with Crippen molar-refractivity contribution in [2.24, 2.45) is 0 Å². The van der Waals surface area contributed by atoms with Crippen molar-refractivity contribution in [1.82, 2.24) is 10.2 Å². The van der Waals surface area contributed by atoms with Crippen LogP contribution in [0.1, 0.15) is 26.2 Å². The normalized spacial score (nSPS) is 24.4.